The zero-order chi connectivity index (χ0) is 26.8. The molecule has 4 aromatic carbocycles. The van der Waals surface area contributed by atoms with E-state index >= 15 is 0 Å². The van der Waals surface area contributed by atoms with Crippen LogP contribution in [0.3, 0.4) is 0 Å². The molecule has 2 aliphatic rings. The third-order valence-corrected chi connectivity index (χ3v) is 8.41. The lowest BCUT2D eigenvalue weighted by molar-refractivity contribution is 0.745. The number of rotatable bonds is 3. The van der Waals surface area contributed by atoms with Gasteiger partial charge >= 0.3 is 0 Å². The summed E-state index contributed by atoms with van der Waals surface area (Å²) in [6.45, 7) is 0. The van der Waals surface area contributed by atoms with Gasteiger partial charge in [0.2, 0.25) is 5.28 Å². The number of anilines is 2. The molecule has 6 aromatic rings. The molecule has 40 heavy (non-hydrogen) atoms. The van der Waals surface area contributed by atoms with Gasteiger partial charge in [-0.15, -0.1) is 0 Å². The zero-order valence-corrected chi connectivity index (χ0v) is 22.8. The predicted octanol–water partition coefficient (Wildman–Crippen LogP) is 9.28. The van der Waals surface area contributed by atoms with Gasteiger partial charge in [-0.3, -0.25) is 4.57 Å². The van der Waals surface area contributed by atoms with Crippen molar-refractivity contribution in [3.8, 4) is 16.8 Å². The number of benzene rings is 4. The Morgan fingerprint density at radius 1 is 0.675 bits per heavy atom. The summed E-state index contributed by atoms with van der Waals surface area (Å²) in [4.78, 5) is 11.3. The van der Waals surface area contributed by atoms with Crippen LogP contribution in [0.4, 0.5) is 11.4 Å². The Balaban J connectivity index is 1.31. The molecule has 2 unspecified atom stereocenters. The molecule has 0 saturated carbocycles. The van der Waals surface area contributed by atoms with E-state index < -0.39 is 0 Å². The molecule has 4 nitrogen and oxygen atoms in total. The lowest BCUT2D eigenvalue weighted by atomic mass is 9.89. The van der Waals surface area contributed by atoms with Gasteiger partial charge in [0.05, 0.1) is 16.9 Å². The Bertz CT molecular complexity index is 1990. The fourth-order valence-corrected chi connectivity index (χ4v) is 6.74. The second-order valence-electron chi connectivity index (χ2n) is 10.2. The van der Waals surface area contributed by atoms with Crippen molar-refractivity contribution in [2.75, 3.05) is 4.90 Å². The van der Waals surface area contributed by atoms with E-state index in [1.165, 1.54) is 16.9 Å². The maximum atomic E-state index is 6.70. The molecule has 0 spiro atoms. The van der Waals surface area contributed by atoms with E-state index in [1.54, 1.807) is 0 Å². The van der Waals surface area contributed by atoms with Gasteiger partial charge < -0.3 is 4.90 Å². The topological polar surface area (TPSA) is 34.0 Å². The molecule has 192 valence electrons. The molecular formula is C34H22Cl2N4. The van der Waals surface area contributed by atoms with Crippen molar-refractivity contribution in [2.45, 2.75) is 12.0 Å². The van der Waals surface area contributed by atoms with Gasteiger partial charge in [0, 0.05) is 28.4 Å². The van der Waals surface area contributed by atoms with Crippen molar-refractivity contribution in [3.05, 3.63) is 137 Å². The lowest BCUT2D eigenvalue weighted by Crippen LogP contribution is -2.28. The molecule has 8 rings (SSSR count). The van der Waals surface area contributed by atoms with E-state index in [0.717, 1.165) is 33.1 Å². The number of aromatic nitrogens is 3. The molecule has 3 heterocycles. The minimum absolute atomic E-state index is 0.128. The third-order valence-electron chi connectivity index (χ3n) is 7.97. The minimum Gasteiger partial charge on any atom is -0.333 e. The molecular weight excluding hydrogens is 535 g/mol. The van der Waals surface area contributed by atoms with Crippen molar-refractivity contribution in [1.29, 1.82) is 0 Å². The fraction of sp³-hybridized carbons (Fsp3) is 0.0588. The van der Waals surface area contributed by atoms with E-state index in [2.05, 4.69) is 123 Å². The number of allylic oxidation sites excluding steroid dienone is 2. The zero-order valence-electron chi connectivity index (χ0n) is 21.2. The minimum atomic E-state index is 0.128. The molecule has 1 aliphatic heterocycles. The highest BCUT2D eigenvalue weighted by molar-refractivity contribution is 6.38. The molecule has 0 saturated heterocycles. The van der Waals surface area contributed by atoms with Crippen LogP contribution in [0, 0.1) is 0 Å². The smallest absolute Gasteiger partial charge is 0.225 e. The second-order valence-corrected chi connectivity index (χ2v) is 10.8. The maximum Gasteiger partial charge on any atom is 0.225 e. The van der Waals surface area contributed by atoms with Crippen LogP contribution in [0.15, 0.2) is 121 Å². The summed E-state index contributed by atoms with van der Waals surface area (Å²) in [6, 6.07) is 34.3. The SMILES string of the molecule is Clc1nc(Cl)c2c3cc(-c4ccc5c(c4)C4C=CC=CC4N5c4ccccc4)ccc3n(-c3ccccc3)c2n1. The molecule has 2 atom stereocenters. The van der Waals surface area contributed by atoms with Crippen LogP contribution in [0.2, 0.25) is 10.4 Å². The normalized spacial score (nSPS) is 17.5. The van der Waals surface area contributed by atoms with Crippen molar-refractivity contribution >= 4 is 56.5 Å². The first-order valence-electron chi connectivity index (χ1n) is 13.2. The van der Waals surface area contributed by atoms with E-state index in [4.69, 9.17) is 23.2 Å². The molecule has 0 bridgehead atoms. The van der Waals surface area contributed by atoms with Crippen LogP contribution in [-0.2, 0) is 0 Å². The van der Waals surface area contributed by atoms with Crippen LogP contribution < -0.4 is 4.90 Å². The summed E-state index contributed by atoms with van der Waals surface area (Å²) in [5.41, 5.74) is 8.72. The summed E-state index contributed by atoms with van der Waals surface area (Å²) in [5, 5.41) is 2.26. The van der Waals surface area contributed by atoms with E-state index in [0.29, 0.717) is 10.8 Å². The molecule has 0 radical (unpaired) electrons. The molecule has 0 amide bonds. The first-order valence-corrected chi connectivity index (χ1v) is 14.0. The van der Waals surface area contributed by atoms with Crippen LogP contribution in [0.25, 0.3) is 38.8 Å². The average molecular weight is 557 g/mol. The van der Waals surface area contributed by atoms with E-state index in [-0.39, 0.29) is 17.2 Å². The van der Waals surface area contributed by atoms with Crippen LogP contribution in [0.1, 0.15) is 11.5 Å². The van der Waals surface area contributed by atoms with Gasteiger partial charge in [0.1, 0.15) is 5.15 Å². The van der Waals surface area contributed by atoms with Crippen molar-refractivity contribution in [1.82, 2.24) is 14.5 Å². The van der Waals surface area contributed by atoms with Gasteiger partial charge in [-0.05, 0) is 76.8 Å². The Morgan fingerprint density at radius 2 is 1.38 bits per heavy atom. The van der Waals surface area contributed by atoms with E-state index in [9.17, 15) is 0 Å². The fourth-order valence-electron chi connectivity index (χ4n) is 6.26. The summed E-state index contributed by atoms with van der Waals surface area (Å²) in [7, 11) is 0. The Labute approximate surface area is 241 Å². The Morgan fingerprint density at radius 3 is 2.17 bits per heavy atom. The molecule has 0 fully saturated rings. The number of hydrogen-bond donors (Lipinski definition) is 0. The molecule has 0 N–H and O–H groups in total. The lowest BCUT2D eigenvalue weighted by Gasteiger charge is -2.28. The highest BCUT2D eigenvalue weighted by Crippen LogP contribution is 2.49. The van der Waals surface area contributed by atoms with Crippen molar-refractivity contribution in [2.24, 2.45) is 0 Å². The number of para-hydroxylation sites is 2. The summed E-state index contributed by atoms with van der Waals surface area (Å²) >= 11 is 13.0. The van der Waals surface area contributed by atoms with E-state index in [1.807, 2.05) is 18.2 Å². The van der Waals surface area contributed by atoms with Gasteiger partial charge in [0.25, 0.3) is 0 Å². The number of hydrogen-bond acceptors (Lipinski definition) is 3. The maximum absolute atomic E-state index is 6.70. The molecule has 6 heteroatoms. The largest absolute Gasteiger partial charge is 0.333 e. The summed E-state index contributed by atoms with van der Waals surface area (Å²) in [5.74, 6) is 0.286. The van der Waals surface area contributed by atoms with Gasteiger partial charge in [-0.2, -0.15) is 4.98 Å². The van der Waals surface area contributed by atoms with Gasteiger partial charge in [-0.25, -0.2) is 4.98 Å². The number of fused-ring (bicyclic) bond motifs is 6. The monoisotopic (exact) mass is 556 g/mol. The Hall–Kier alpha value is -4.38. The standard InChI is InChI=1S/C34H22Cl2N4/c35-32-31-27-20-22(16-18-30(27)40(24-11-5-2-6-12-24)33(31)38-34(36)37-32)21-15-17-29-26(19-21)25-13-7-8-14-28(25)39(29)23-9-3-1-4-10-23/h1-20,25,28H. The Kier molecular flexibility index (Phi) is 5.34. The quantitative estimate of drug-likeness (QED) is 0.161. The second kappa shape index (κ2) is 9.09. The average Bonchev–Trinajstić information content (AvgIpc) is 3.50. The molecule has 2 aromatic heterocycles. The van der Waals surface area contributed by atoms with Gasteiger partial charge in [0.15, 0.2) is 5.65 Å². The highest BCUT2D eigenvalue weighted by atomic mass is 35.5. The first kappa shape index (κ1) is 23.5. The predicted molar refractivity (Wildman–Crippen MR) is 165 cm³/mol. The summed E-state index contributed by atoms with van der Waals surface area (Å²) in [6.07, 6.45) is 8.92. The highest BCUT2D eigenvalue weighted by Gasteiger charge is 2.37. The van der Waals surface area contributed by atoms with Crippen LogP contribution in [0.5, 0.6) is 0 Å². The van der Waals surface area contributed by atoms with Crippen LogP contribution >= 0.6 is 23.2 Å². The first-order chi connectivity index (χ1) is 19.7. The molecule has 1 aliphatic carbocycles. The van der Waals surface area contributed by atoms with Crippen molar-refractivity contribution < 1.29 is 0 Å². The number of halogens is 2. The van der Waals surface area contributed by atoms with Crippen molar-refractivity contribution in [3.63, 3.8) is 0 Å². The summed E-state index contributed by atoms with van der Waals surface area (Å²) < 4.78 is 2.10. The number of nitrogens with zero attached hydrogens (tertiary/aromatic N) is 4. The third kappa shape index (κ3) is 3.53. The van der Waals surface area contributed by atoms with Crippen LogP contribution in [-0.4, -0.2) is 20.6 Å². The van der Waals surface area contributed by atoms with Gasteiger partial charge in [-0.1, -0.05) is 84.4 Å².